The monoisotopic (exact) mass is 378 g/mol. The summed E-state index contributed by atoms with van der Waals surface area (Å²) in [6.45, 7) is 5.44. The van der Waals surface area contributed by atoms with E-state index in [1.165, 1.54) is 11.8 Å². The maximum Gasteiger partial charge on any atom is 0.244 e. The molecule has 25 heavy (non-hydrogen) atoms. The second kappa shape index (κ2) is 8.37. The van der Waals surface area contributed by atoms with Gasteiger partial charge in [0.05, 0.1) is 10.7 Å². The van der Waals surface area contributed by atoms with Gasteiger partial charge in [0, 0.05) is 17.6 Å². The van der Waals surface area contributed by atoms with E-state index in [0.717, 1.165) is 11.3 Å². The molecule has 0 aliphatic rings. The van der Waals surface area contributed by atoms with Crippen molar-refractivity contribution in [2.24, 2.45) is 0 Å². The Bertz CT molecular complexity index is 791. The fourth-order valence-electron chi connectivity index (χ4n) is 2.51. The predicted octanol–water partition coefficient (Wildman–Crippen LogP) is 5.11. The Balaban J connectivity index is 2.22. The number of anilines is 2. The number of carbonyl (C=O) groups is 2. The van der Waals surface area contributed by atoms with Crippen LogP contribution in [-0.4, -0.2) is 18.4 Å². The summed E-state index contributed by atoms with van der Waals surface area (Å²) in [5.74, 6) is -0.310. The van der Waals surface area contributed by atoms with Crippen LogP contribution in [0.25, 0.3) is 0 Å². The van der Waals surface area contributed by atoms with Crippen LogP contribution in [0.5, 0.6) is 0 Å². The SMILES string of the molecule is CC(=O)N(CC(=O)Nc1ccc(Cl)cc1Cl)c1ccccc1C(C)C. The first-order valence-electron chi connectivity index (χ1n) is 7.91. The van der Waals surface area contributed by atoms with Crippen molar-refractivity contribution in [3.05, 3.63) is 58.1 Å². The summed E-state index contributed by atoms with van der Waals surface area (Å²) in [7, 11) is 0. The number of carbonyl (C=O) groups excluding carboxylic acids is 2. The lowest BCUT2D eigenvalue weighted by atomic mass is 10.0. The molecule has 1 N–H and O–H groups in total. The quantitative estimate of drug-likeness (QED) is 0.785. The Labute approximate surface area is 157 Å². The maximum absolute atomic E-state index is 12.4. The molecule has 0 atom stereocenters. The number of amides is 2. The van der Waals surface area contributed by atoms with Crippen molar-refractivity contribution >= 4 is 46.4 Å². The average molecular weight is 379 g/mol. The van der Waals surface area contributed by atoms with Crippen LogP contribution in [0.3, 0.4) is 0 Å². The Morgan fingerprint density at radius 2 is 1.80 bits per heavy atom. The molecule has 0 aromatic heterocycles. The minimum atomic E-state index is -0.335. The number of hydrogen-bond acceptors (Lipinski definition) is 2. The van der Waals surface area contributed by atoms with Gasteiger partial charge >= 0.3 is 0 Å². The van der Waals surface area contributed by atoms with Gasteiger partial charge in [-0.15, -0.1) is 0 Å². The molecule has 0 aliphatic carbocycles. The first kappa shape index (κ1) is 19.3. The normalized spacial score (nSPS) is 10.6. The lowest BCUT2D eigenvalue weighted by Gasteiger charge is -2.25. The highest BCUT2D eigenvalue weighted by atomic mass is 35.5. The molecule has 0 radical (unpaired) electrons. The smallest absolute Gasteiger partial charge is 0.244 e. The van der Waals surface area contributed by atoms with Gasteiger partial charge in [-0.3, -0.25) is 9.59 Å². The van der Waals surface area contributed by atoms with E-state index in [1.807, 2.05) is 38.1 Å². The van der Waals surface area contributed by atoms with Crippen LogP contribution >= 0.6 is 23.2 Å². The van der Waals surface area contributed by atoms with Crippen LogP contribution < -0.4 is 10.2 Å². The van der Waals surface area contributed by atoms with E-state index in [4.69, 9.17) is 23.2 Å². The Hall–Kier alpha value is -2.04. The van der Waals surface area contributed by atoms with Crippen molar-refractivity contribution in [1.29, 1.82) is 0 Å². The van der Waals surface area contributed by atoms with E-state index in [0.29, 0.717) is 15.7 Å². The molecule has 0 bridgehead atoms. The number of para-hydroxylation sites is 1. The molecule has 2 rings (SSSR count). The zero-order chi connectivity index (χ0) is 18.6. The van der Waals surface area contributed by atoms with Crippen molar-refractivity contribution in [1.82, 2.24) is 0 Å². The van der Waals surface area contributed by atoms with E-state index >= 15 is 0 Å². The zero-order valence-electron chi connectivity index (χ0n) is 14.3. The molecule has 0 saturated carbocycles. The van der Waals surface area contributed by atoms with Gasteiger partial charge in [-0.1, -0.05) is 55.2 Å². The van der Waals surface area contributed by atoms with Crippen LogP contribution in [0.1, 0.15) is 32.3 Å². The zero-order valence-corrected chi connectivity index (χ0v) is 15.9. The molecule has 0 spiro atoms. The minimum Gasteiger partial charge on any atom is -0.323 e. The third-order valence-electron chi connectivity index (χ3n) is 3.74. The highest BCUT2D eigenvalue weighted by Crippen LogP contribution is 2.28. The number of rotatable bonds is 5. The van der Waals surface area contributed by atoms with Gasteiger partial charge < -0.3 is 10.2 Å². The standard InChI is InChI=1S/C19H20Cl2N2O2/c1-12(2)15-6-4-5-7-18(15)23(13(3)24)11-19(25)22-17-9-8-14(20)10-16(17)21/h4-10,12H,11H2,1-3H3,(H,22,25). The summed E-state index contributed by atoms with van der Waals surface area (Å²) < 4.78 is 0. The molecule has 0 heterocycles. The van der Waals surface area contributed by atoms with Crippen LogP contribution in [0, 0.1) is 0 Å². The van der Waals surface area contributed by atoms with E-state index in [9.17, 15) is 9.59 Å². The van der Waals surface area contributed by atoms with Crippen molar-refractivity contribution in [2.45, 2.75) is 26.7 Å². The largest absolute Gasteiger partial charge is 0.323 e. The Kier molecular flexibility index (Phi) is 6.45. The maximum atomic E-state index is 12.4. The third kappa shape index (κ3) is 4.97. The number of benzene rings is 2. The second-order valence-electron chi connectivity index (χ2n) is 5.99. The molecule has 2 amide bonds. The number of hydrogen-bond donors (Lipinski definition) is 1. The van der Waals surface area contributed by atoms with Crippen molar-refractivity contribution in [2.75, 3.05) is 16.8 Å². The Morgan fingerprint density at radius 1 is 1.12 bits per heavy atom. The van der Waals surface area contributed by atoms with Gasteiger partial charge in [0.1, 0.15) is 6.54 Å². The van der Waals surface area contributed by atoms with Gasteiger partial charge in [-0.2, -0.15) is 0 Å². The summed E-state index contributed by atoms with van der Waals surface area (Å²) >= 11 is 11.9. The van der Waals surface area contributed by atoms with E-state index in [2.05, 4.69) is 5.32 Å². The van der Waals surface area contributed by atoms with Crippen molar-refractivity contribution in [3.8, 4) is 0 Å². The predicted molar refractivity (Wildman–Crippen MR) is 104 cm³/mol. The highest BCUT2D eigenvalue weighted by Gasteiger charge is 2.20. The topological polar surface area (TPSA) is 49.4 Å². The molecule has 0 fully saturated rings. The average Bonchev–Trinajstić information content (AvgIpc) is 2.55. The summed E-state index contributed by atoms with van der Waals surface area (Å²) in [6, 6.07) is 12.4. The molecule has 4 nitrogen and oxygen atoms in total. The second-order valence-corrected chi connectivity index (χ2v) is 6.83. The van der Waals surface area contributed by atoms with E-state index in [1.54, 1.807) is 18.2 Å². The van der Waals surface area contributed by atoms with Crippen LogP contribution in [0.4, 0.5) is 11.4 Å². The summed E-state index contributed by atoms with van der Waals surface area (Å²) in [5.41, 5.74) is 2.20. The number of halogens is 2. The van der Waals surface area contributed by atoms with Crippen molar-refractivity contribution in [3.63, 3.8) is 0 Å². The van der Waals surface area contributed by atoms with Crippen LogP contribution in [-0.2, 0) is 9.59 Å². The van der Waals surface area contributed by atoms with Gasteiger partial charge in [0.25, 0.3) is 0 Å². The third-order valence-corrected chi connectivity index (χ3v) is 4.28. The highest BCUT2D eigenvalue weighted by molar-refractivity contribution is 6.36. The van der Waals surface area contributed by atoms with Gasteiger partial charge in [0.2, 0.25) is 11.8 Å². The molecular formula is C19H20Cl2N2O2. The molecule has 0 saturated heterocycles. The molecule has 132 valence electrons. The van der Waals surface area contributed by atoms with Crippen LogP contribution in [0.15, 0.2) is 42.5 Å². The first-order valence-corrected chi connectivity index (χ1v) is 8.67. The number of nitrogens with zero attached hydrogens (tertiary/aromatic N) is 1. The summed E-state index contributed by atoms with van der Waals surface area (Å²) in [5, 5.41) is 3.55. The fraction of sp³-hybridized carbons (Fsp3) is 0.263. The Morgan fingerprint density at radius 3 is 2.40 bits per heavy atom. The summed E-state index contributed by atoms with van der Waals surface area (Å²) in [6.07, 6.45) is 0. The van der Waals surface area contributed by atoms with Gasteiger partial charge in [-0.25, -0.2) is 0 Å². The fourth-order valence-corrected chi connectivity index (χ4v) is 2.97. The van der Waals surface area contributed by atoms with Crippen LogP contribution in [0.2, 0.25) is 10.0 Å². The van der Waals surface area contributed by atoms with E-state index in [-0.39, 0.29) is 24.3 Å². The molecule has 0 unspecified atom stereocenters. The molecule has 0 aliphatic heterocycles. The molecule has 6 heteroatoms. The molecule has 2 aromatic rings. The minimum absolute atomic E-state index is 0.0992. The molecule has 2 aromatic carbocycles. The van der Waals surface area contributed by atoms with Gasteiger partial charge in [0.15, 0.2) is 0 Å². The van der Waals surface area contributed by atoms with E-state index < -0.39 is 0 Å². The lowest BCUT2D eigenvalue weighted by Crippen LogP contribution is -2.37. The van der Waals surface area contributed by atoms with Gasteiger partial charge in [-0.05, 0) is 35.7 Å². The summed E-state index contributed by atoms with van der Waals surface area (Å²) in [4.78, 5) is 26.0. The van der Waals surface area contributed by atoms with Crippen molar-refractivity contribution < 1.29 is 9.59 Å². The molecular weight excluding hydrogens is 359 g/mol. The number of nitrogens with one attached hydrogen (secondary N) is 1. The lowest BCUT2D eigenvalue weighted by molar-refractivity contribution is -0.120. The first-order chi connectivity index (χ1) is 11.8.